The molecule has 2 N–H and O–H groups in total. The molecule has 0 spiro atoms. The summed E-state index contributed by atoms with van der Waals surface area (Å²) in [6.45, 7) is 8.04. The van der Waals surface area contributed by atoms with E-state index in [9.17, 15) is 0 Å². The van der Waals surface area contributed by atoms with Crippen molar-refractivity contribution >= 4 is 24.7 Å². The number of pyridine rings is 1. The lowest BCUT2D eigenvalue weighted by atomic mass is 9.99. The number of anilines is 1. The Labute approximate surface area is 177 Å². The topological polar surface area (TPSA) is 82.7 Å². The van der Waals surface area contributed by atoms with E-state index in [1.54, 1.807) is 6.20 Å². The molecule has 1 atom stereocenters. The van der Waals surface area contributed by atoms with Crippen LogP contribution in [0.15, 0.2) is 42.6 Å². The van der Waals surface area contributed by atoms with Crippen LogP contribution in [0.4, 0.5) is 5.82 Å². The first-order chi connectivity index (χ1) is 14.7. The minimum atomic E-state index is 0.269. The third kappa shape index (κ3) is 3.59. The number of hydrogen-bond donors (Lipinski definition) is 2. The minimum Gasteiger partial charge on any atom is -0.377 e. The van der Waals surface area contributed by atoms with Gasteiger partial charge in [0.25, 0.3) is 0 Å². The van der Waals surface area contributed by atoms with Gasteiger partial charge in [-0.25, -0.2) is 4.98 Å². The molecule has 5 rings (SSSR count). The molecular formula is C22H25BN6O. The van der Waals surface area contributed by atoms with Gasteiger partial charge in [0.15, 0.2) is 0 Å². The molecule has 0 aliphatic carbocycles. The Balaban J connectivity index is 0.00000106. The predicted octanol–water partition coefficient (Wildman–Crippen LogP) is 3.75. The summed E-state index contributed by atoms with van der Waals surface area (Å²) in [4.78, 5) is 7.32. The summed E-state index contributed by atoms with van der Waals surface area (Å²) in [5, 5.41) is 14.9. The zero-order chi connectivity index (χ0) is 21.1. The van der Waals surface area contributed by atoms with E-state index in [1.807, 2.05) is 6.07 Å². The van der Waals surface area contributed by atoms with Crippen molar-refractivity contribution in [3.63, 3.8) is 0 Å². The highest BCUT2D eigenvalue weighted by molar-refractivity contribution is 6.05. The van der Waals surface area contributed by atoms with Crippen molar-refractivity contribution in [2.45, 2.75) is 26.7 Å². The molecule has 0 saturated carbocycles. The maximum absolute atomic E-state index is 5.62. The number of aryl methyl sites for hydroxylation is 1. The number of hydrogen-bond acceptors (Lipinski definition) is 5. The summed E-state index contributed by atoms with van der Waals surface area (Å²) < 4.78 is 5.62. The van der Waals surface area contributed by atoms with Crippen LogP contribution in [0.1, 0.15) is 12.5 Å². The third-order valence-corrected chi connectivity index (χ3v) is 5.36. The zero-order valence-electron chi connectivity index (χ0n) is 17.5. The lowest BCUT2D eigenvalue weighted by Crippen LogP contribution is -2.44. The Hall–Kier alpha value is -3.13. The first-order valence-corrected chi connectivity index (χ1v) is 10.1. The van der Waals surface area contributed by atoms with Crippen LogP contribution in [0.2, 0.25) is 6.82 Å². The van der Waals surface area contributed by atoms with Crippen LogP contribution in [0.25, 0.3) is 33.5 Å². The Bertz CT molecular complexity index is 1120. The standard InChI is InChI=1S/C21H22N6O.CH3B/c1-13-5-3-4-6-15(13)16-11-18(27-9-10-28-12-14(27)2)23-21-19(16)25-26-20(21)17-7-8-22-24-17;1-2/h3-8,11,14H,9-10,12H2,1-2H3,(H,22,24)(H,25,26);1H3/t14-;/m1./s1. The van der Waals surface area contributed by atoms with Gasteiger partial charge in [0.2, 0.25) is 0 Å². The first kappa shape index (κ1) is 20.2. The monoisotopic (exact) mass is 400 g/mol. The van der Waals surface area contributed by atoms with Crippen molar-refractivity contribution in [2.75, 3.05) is 24.7 Å². The van der Waals surface area contributed by atoms with E-state index in [2.05, 4.69) is 77.3 Å². The second-order valence-electron chi connectivity index (χ2n) is 7.23. The van der Waals surface area contributed by atoms with Crippen molar-refractivity contribution in [1.29, 1.82) is 0 Å². The lowest BCUT2D eigenvalue weighted by molar-refractivity contribution is 0.0986. The Morgan fingerprint density at radius 3 is 2.67 bits per heavy atom. The van der Waals surface area contributed by atoms with Gasteiger partial charge in [0.05, 0.1) is 32.8 Å². The highest BCUT2D eigenvalue weighted by atomic mass is 16.5. The average Bonchev–Trinajstić information content (AvgIpc) is 3.45. The molecule has 0 unspecified atom stereocenters. The largest absolute Gasteiger partial charge is 0.377 e. The summed E-state index contributed by atoms with van der Waals surface area (Å²) in [5.41, 5.74) is 6.89. The van der Waals surface area contributed by atoms with Gasteiger partial charge in [-0.15, -0.1) is 0 Å². The number of fused-ring (bicyclic) bond motifs is 1. The molecular weight excluding hydrogens is 375 g/mol. The number of rotatable bonds is 3. The van der Waals surface area contributed by atoms with Crippen LogP contribution in [-0.4, -0.2) is 59.0 Å². The van der Waals surface area contributed by atoms with E-state index in [0.717, 1.165) is 40.3 Å². The molecule has 8 heteroatoms. The molecule has 1 aliphatic rings. The highest BCUT2D eigenvalue weighted by Gasteiger charge is 2.24. The van der Waals surface area contributed by atoms with Crippen LogP contribution in [-0.2, 0) is 4.74 Å². The summed E-state index contributed by atoms with van der Waals surface area (Å²) in [6.07, 6.45) is 1.73. The molecule has 30 heavy (non-hydrogen) atoms. The SMILES string of the molecule is Cc1ccccc1-c1cc(N2CCOC[C@H]2C)nc2c(-c3ccn[nH]3)[nH]nc12.[B]C. The lowest BCUT2D eigenvalue weighted by Gasteiger charge is -2.34. The van der Waals surface area contributed by atoms with Crippen LogP contribution < -0.4 is 4.90 Å². The van der Waals surface area contributed by atoms with Crippen molar-refractivity contribution in [3.05, 3.63) is 48.2 Å². The predicted molar refractivity (Wildman–Crippen MR) is 121 cm³/mol. The molecule has 0 bridgehead atoms. The number of nitrogens with one attached hydrogen (secondary N) is 2. The van der Waals surface area contributed by atoms with Gasteiger partial charge in [0, 0.05) is 18.3 Å². The quantitative estimate of drug-likeness (QED) is 0.512. The zero-order valence-corrected chi connectivity index (χ0v) is 17.5. The van der Waals surface area contributed by atoms with E-state index in [4.69, 9.17) is 9.72 Å². The minimum absolute atomic E-state index is 0.269. The van der Waals surface area contributed by atoms with Gasteiger partial charge in [-0.1, -0.05) is 31.1 Å². The molecule has 1 saturated heterocycles. The van der Waals surface area contributed by atoms with Crippen LogP contribution in [0.5, 0.6) is 0 Å². The number of morpholine rings is 1. The molecule has 152 valence electrons. The van der Waals surface area contributed by atoms with Gasteiger partial charge < -0.3 is 9.64 Å². The van der Waals surface area contributed by atoms with E-state index in [1.165, 1.54) is 17.9 Å². The van der Waals surface area contributed by atoms with E-state index < -0.39 is 0 Å². The maximum Gasteiger partial charge on any atom is 0.130 e. The summed E-state index contributed by atoms with van der Waals surface area (Å²) in [6, 6.07) is 12.7. The van der Waals surface area contributed by atoms with Crippen molar-refractivity contribution in [2.24, 2.45) is 0 Å². The van der Waals surface area contributed by atoms with Gasteiger partial charge >= 0.3 is 0 Å². The van der Waals surface area contributed by atoms with Gasteiger partial charge in [0.1, 0.15) is 22.5 Å². The average molecular weight is 400 g/mol. The second kappa shape index (κ2) is 8.71. The second-order valence-corrected chi connectivity index (χ2v) is 7.23. The van der Waals surface area contributed by atoms with E-state index >= 15 is 0 Å². The molecule has 1 fully saturated rings. The smallest absolute Gasteiger partial charge is 0.130 e. The van der Waals surface area contributed by atoms with E-state index in [0.29, 0.717) is 13.2 Å². The Kier molecular flexibility index (Phi) is 5.85. The van der Waals surface area contributed by atoms with Gasteiger partial charge in [-0.3, -0.25) is 10.2 Å². The third-order valence-electron chi connectivity index (χ3n) is 5.36. The first-order valence-electron chi connectivity index (χ1n) is 10.1. The fourth-order valence-corrected chi connectivity index (χ4v) is 3.85. The highest BCUT2D eigenvalue weighted by Crippen LogP contribution is 2.36. The molecule has 2 radical (unpaired) electrons. The number of aromatic amines is 2. The molecule has 3 aromatic heterocycles. The molecule has 1 aromatic carbocycles. The van der Waals surface area contributed by atoms with E-state index in [-0.39, 0.29) is 6.04 Å². The summed E-state index contributed by atoms with van der Waals surface area (Å²) >= 11 is 0. The number of benzene rings is 1. The number of nitrogens with zero attached hydrogens (tertiary/aromatic N) is 4. The van der Waals surface area contributed by atoms with Gasteiger partial charge in [-0.05, 0) is 37.1 Å². The fraction of sp³-hybridized carbons (Fsp3) is 0.318. The molecule has 7 nitrogen and oxygen atoms in total. The Morgan fingerprint density at radius 1 is 1.10 bits per heavy atom. The van der Waals surface area contributed by atoms with Crippen molar-refractivity contribution in [3.8, 4) is 22.5 Å². The molecule has 4 aromatic rings. The van der Waals surface area contributed by atoms with Crippen LogP contribution in [0.3, 0.4) is 0 Å². The van der Waals surface area contributed by atoms with Crippen molar-refractivity contribution < 1.29 is 4.74 Å². The summed E-state index contributed by atoms with van der Waals surface area (Å²) in [5.74, 6) is 0.948. The van der Waals surface area contributed by atoms with Crippen LogP contribution >= 0.6 is 0 Å². The number of H-pyrrole nitrogens is 2. The van der Waals surface area contributed by atoms with Crippen LogP contribution in [0, 0.1) is 6.92 Å². The molecule has 1 aliphatic heterocycles. The fourth-order valence-electron chi connectivity index (χ4n) is 3.85. The number of ether oxygens (including phenoxy) is 1. The molecule has 0 amide bonds. The van der Waals surface area contributed by atoms with Gasteiger partial charge in [-0.2, -0.15) is 10.2 Å². The maximum atomic E-state index is 5.62. The Morgan fingerprint density at radius 2 is 1.93 bits per heavy atom. The number of aromatic nitrogens is 5. The van der Waals surface area contributed by atoms with Crippen molar-refractivity contribution in [1.82, 2.24) is 25.4 Å². The summed E-state index contributed by atoms with van der Waals surface area (Å²) in [7, 11) is 4.50. The molecule has 4 heterocycles. The normalized spacial score (nSPS) is 16.4.